The van der Waals surface area contributed by atoms with Crippen molar-refractivity contribution in [2.45, 2.75) is 31.4 Å². The molecule has 22 heavy (non-hydrogen) atoms. The summed E-state index contributed by atoms with van der Waals surface area (Å²) < 4.78 is 5.52. The van der Waals surface area contributed by atoms with Crippen molar-refractivity contribution >= 4 is 22.4 Å². The molecule has 1 N–H and O–H groups in total. The summed E-state index contributed by atoms with van der Waals surface area (Å²) in [6, 6.07) is 0.407. The lowest BCUT2D eigenvalue weighted by Crippen LogP contribution is -2.42. The minimum absolute atomic E-state index is 0.0122. The lowest BCUT2D eigenvalue weighted by Gasteiger charge is -2.27. The van der Waals surface area contributed by atoms with Crippen molar-refractivity contribution in [1.29, 1.82) is 0 Å². The van der Waals surface area contributed by atoms with Crippen molar-refractivity contribution in [3.05, 3.63) is 11.6 Å². The van der Waals surface area contributed by atoms with E-state index in [2.05, 4.69) is 20.1 Å². The van der Waals surface area contributed by atoms with Gasteiger partial charge in [0.1, 0.15) is 0 Å². The number of carbonyl (C=O) groups is 1. The van der Waals surface area contributed by atoms with Crippen molar-refractivity contribution in [1.82, 2.24) is 14.8 Å². The molecule has 2 aliphatic rings. The predicted molar refractivity (Wildman–Crippen MR) is 87.2 cm³/mol. The number of hydrogen-bond donors (Lipinski definition) is 1. The first kappa shape index (κ1) is 15.9. The van der Waals surface area contributed by atoms with Crippen molar-refractivity contribution in [3.8, 4) is 0 Å². The molecule has 1 amide bonds. The zero-order chi connectivity index (χ0) is 15.4. The van der Waals surface area contributed by atoms with Crippen LogP contribution in [0.4, 0.5) is 5.13 Å². The summed E-state index contributed by atoms with van der Waals surface area (Å²) in [5, 5.41) is 5.40. The number of likely N-dealkylation sites (tertiary alicyclic amines) is 2. The Hall–Kier alpha value is -1.02. The van der Waals surface area contributed by atoms with Gasteiger partial charge in [-0.3, -0.25) is 9.69 Å². The van der Waals surface area contributed by atoms with E-state index in [0.29, 0.717) is 17.7 Å². The van der Waals surface area contributed by atoms with E-state index >= 15 is 0 Å². The molecule has 0 unspecified atom stereocenters. The Labute approximate surface area is 135 Å². The molecule has 1 aromatic heterocycles. The molecular formula is C15H24N4O2S. The molecule has 0 spiro atoms. The minimum Gasteiger partial charge on any atom is -0.380 e. The van der Waals surface area contributed by atoms with Gasteiger partial charge in [0.05, 0.1) is 12.6 Å². The van der Waals surface area contributed by atoms with Gasteiger partial charge in [-0.2, -0.15) is 0 Å². The van der Waals surface area contributed by atoms with E-state index in [4.69, 9.17) is 4.74 Å². The number of nitrogens with zero attached hydrogens (tertiary/aromatic N) is 3. The van der Waals surface area contributed by atoms with Crippen LogP contribution in [-0.2, 0) is 9.53 Å². The Morgan fingerprint density at radius 3 is 3.00 bits per heavy atom. The van der Waals surface area contributed by atoms with E-state index in [1.807, 2.05) is 5.38 Å². The summed E-state index contributed by atoms with van der Waals surface area (Å²) in [4.78, 5) is 21.1. The molecule has 2 aliphatic heterocycles. The third-order valence-electron chi connectivity index (χ3n) is 4.52. The average Bonchev–Trinajstić information content (AvgIpc) is 3.22. The molecule has 3 rings (SSSR count). The molecule has 2 atom stereocenters. The lowest BCUT2D eigenvalue weighted by atomic mass is 10.2. The first-order valence-electron chi connectivity index (χ1n) is 7.93. The highest BCUT2D eigenvalue weighted by atomic mass is 32.1. The van der Waals surface area contributed by atoms with Crippen LogP contribution in [-0.4, -0.2) is 72.7 Å². The van der Waals surface area contributed by atoms with Crippen molar-refractivity contribution in [3.63, 3.8) is 0 Å². The van der Waals surface area contributed by atoms with Gasteiger partial charge in [-0.25, -0.2) is 4.98 Å². The number of hydrogen-bond acceptors (Lipinski definition) is 6. The first-order chi connectivity index (χ1) is 10.7. The van der Waals surface area contributed by atoms with Gasteiger partial charge >= 0.3 is 0 Å². The fourth-order valence-corrected chi connectivity index (χ4v) is 3.93. The van der Waals surface area contributed by atoms with Gasteiger partial charge in [0.15, 0.2) is 5.13 Å². The summed E-state index contributed by atoms with van der Waals surface area (Å²) >= 11 is 1.45. The Morgan fingerprint density at radius 1 is 1.50 bits per heavy atom. The van der Waals surface area contributed by atoms with Gasteiger partial charge in [-0.05, 0) is 32.4 Å². The van der Waals surface area contributed by atoms with Crippen molar-refractivity contribution in [2.75, 3.05) is 45.2 Å². The number of carbonyl (C=O) groups excluding carboxylic acids is 1. The molecule has 0 aromatic carbocycles. The zero-order valence-electron chi connectivity index (χ0n) is 13.0. The van der Waals surface area contributed by atoms with Crippen LogP contribution >= 0.6 is 11.3 Å². The average molecular weight is 324 g/mol. The van der Waals surface area contributed by atoms with E-state index in [0.717, 1.165) is 19.5 Å². The largest absolute Gasteiger partial charge is 0.380 e. The molecule has 0 aliphatic carbocycles. The molecule has 7 heteroatoms. The molecule has 2 fully saturated rings. The highest BCUT2D eigenvalue weighted by molar-refractivity contribution is 7.13. The van der Waals surface area contributed by atoms with Crippen LogP contribution in [0.15, 0.2) is 11.6 Å². The molecule has 0 saturated carbocycles. The topological polar surface area (TPSA) is 57.7 Å². The van der Waals surface area contributed by atoms with Gasteiger partial charge in [0, 0.05) is 37.8 Å². The van der Waals surface area contributed by atoms with E-state index in [1.165, 1.54) is 37.3 Å². The number of anilines is 1. The smallest absolute Gasteiger partial charge is 0.240 e. The van der Waals surface area contributed by atoms with Crippen LogP contribution in [0.1, 0.15) is 19.3 Å². The molecular weight excluding hydrogens is 300 g/mol. The maximum Gasteiger partial charge on any atom is 0.240 e. The lowest BCUT2D eigenvalue weighted by molar-refractivity contribution is -0.117. The second-order valence-corrected chi connectivity index (χ2v) is 6.96. The highest BCUT2D eigenvalue weighted by Gasteiger charge is 2.34. The van der Waals surface area contributed by atoms with Crippen LogP contribution in [0, 0.1) is 0 Å². The maximum atomic E-state index is 12.2. The van der Waals surface area contributed by atoms with Gasteiger partial charge in [-0.15, -0.1) is 11.3 Å². The number of thiazole rings is 1. The molecule has 0 radical (unpaired) electrons. The Balaban J connectivity index is 1.55. The first-order valence-corrected chi connectivity index (χ1v) is 8.81. The quantitative estimate of drug-likeness (QED) is 0.854. The summed E-state index contributed by atoms with van der Waals surface area (Å²) in [6.45, 7) is 4.67. The standard InChI is InChI=1S/C15H24N4O2S/c1-21-13-8-12(9-18-5-2-3-6-18)19(10-13)11-14(20)17-15-16-4-7-22-15/h4,7,12-13H,2-3,5-6,8-11H2,1H3,(H,16,17,20)/t12-,13-/m0/s1. The molecule has 1 aromatic rings. The van der Waals surface area contributed by atoms with Crippen molar-refractivity contribution in [2.24, 2.45) is 0 Å². The van der Waals surface area contributed by atoms with E-state index in [1.54, 1.807) is 13.3 Å². The second kappa shape index (κ2) is 7.50. The van der Waals surface area contributed by atoms with Crippen LogP contribution in [0.2, 0.25) is 0 Å². The second-order valence-electron chi connectivity index (χ2n) is 6.07. The van der Waals surface area contributed by atoms with E-state index in [-0.39, 0.29) is 12.0 Å². The van der Waals surface area contributed by atoms with Gasteiger partial charge < -0.3 is 15.0 Å². The third-order valence-corrected chi connectivity index (χ3v) is 5.20. The molecule has 0 bridgehead atoms. The number of nitrogens with one attached hydrogen (secondary N) is 1. The Kier molecular flexibility index (Phi) is 5.41. The number of amides is 1. The number of ether oxygens (including phenoxy) is 1. The summed E-state index contributed by atoms with van der Waals surface area (Å²) in [6.07, 6.45) is 5.54. The summed E-state index contributed by atoms with van der Waals surface area (Å²) in [5.74, 6) is 0.0122. The minimum atomic E-state index is 0.0122. The van der Waals surface area contributed by atoms with Gasteiger partial charge in [-0.1, -0.05) is 0 Å². The monoisotopic (exact) mass is 324 g/mol. The fourth-order valence-electron chi connectivity index (χ4n) is 3.38. The maximum absolute atomic E-state index is 12.2. The predicted octanol–water partition coefficient (Wildman–Crippen LogP) is 1.27. The normalized spacial score (nSPS) is 26.6. The fraction of sp³-hybridized carbons (Fsp3) is 0.733. The van der Waals surface area contributed by atoms with E-state index < -0.39 is 0 Å². The Morgan fingerprint density at radius 2 is 2.32 bits per heavy atom. The third kappa shape index (κ3) is 4.04. The number of rotatable bonds is 6. The van der Waals surface area contributed by atoms with Gasteiger partial charge in [0.2, 0.25) is 5.91 Å². The molecule has 122 valence electrons. The van der Waals surface area contributed by atoms with Crippen LogP contribution in [0.3, 0.4) is 0 Å². The summed E-state index contributed by atoms with van der Waals surface area (Å²) in [5.41, 5.74) is 0. The van der Waals surface area contributed by atoms with E-state index in [9.17, 15) is 4.79 Å². The van der Waals surface area contributed by atoms with Crippen molar-refractivity contribution < 1.29 is 9.53 Å². The van der Waals surface area contributed by atoms with Crippen LogP contribution in [0.25, 0.3) is 0 Å². The van der Waals surface area contributed by atoms with Gasteiger partial charge in [0.25, 0.3) is 0 Å². The van der Waals surface area contributed by atoms with Crippen LogP contribution < -0.4 is 5.32 Å². The molecule has 2 saturated heterocycles. The molecule has 3 heterocycles. The SMILES string of the molecule is CO[C@H]1C[C@@H](CN2CCCC2)N(CC(=O)Nc2nccs2)C1. The summed E-state index contributed by atoms with van der Waals surface area (Å²) in [7, 11) is 1.76. The number of aromatic nitrogens is 1. The number of methoxy groups -OCH3 is 1. The molecule has 6 nitrogen and oxygen atoms in total. The van der Waals surface area contributed by atoms with Crippen LogP contribution in [0.5, 0.6) is 0 Å². The zero-order valence-corrected chi connectivity index (χ0v) is 13.8. The highest BCUT2D eigenvalue weighted by Crippen LogP contribution is 2.22. The Bertz CT molecular complexity index is 476.